The molecule has 0 aliphatic rings. The molecule has 1 aromatic heterocycles. The van der Waals surface area contributed by atoms with E-state index in [1.54, 1.807) is 11.6 Å². The Labute approximate surface area is 108 Å². The van der Waals surface area contributed by atoms with Crippen LogP contribution in [0.5, 0.6) is 0 Å². The van der Waals surface area contributed by atoms with Gasteiger partial charge in [0.15, 0.2) is 0 Å². The molecule has 1 heterocycles. The maximum Gasteiger partial charge on any atom is 0.243 e. The summed E-state index contributed by atoms with van der Waals surface area (Å²) in [6.45, 7) is 0.0316. The number of nitrogens with zero attached hydrogens (tertiary/aromatic N) is 1. The number of aromatic nitrogens is 1. The fraction of sp³-hybridized carbons (Fsp3) is 0.100. The first-order valence-electron chi connectivity index (χ1n) is 4.92. The molecule has 0 spiro atoms. The number of nitrogens with one attached hydrogen (secondary N) is 1. The molecular formula is C10H10FN3O2S2. The third kappa shape index (κ3) is 2.84. The van der Waals surface area contributed by atoms with Gasteiger partial charge < -0.3 is 5.73 Å². The molecule has 5 nitrogen and oxygen atoms in total. The van der Waals surface area contributed by atoms with Gasteiger partial charge in [-0.2, -0.15) is 0 Å². The lowest BCUT2D eigenvalue weighted by Crippen LogP contribution is -2.24. The van der Waals surface area contributed by atoms with Crippen LogP contribution in [0.3, 0.4) is 0 Å². The van der Waals surface area contributed by atoms with Crippen molar-refractivity contribution in [3.63, 3.8) is 0 Å². The molecule has 0 saturated heterocycles. The van der Waals surface area contributed by atoms with Crippen molar-refractivity contribution in [2.45, 2.75) is 11.4 Å². The molecule has 2 aromatic rings. The molecule has 0 aliphatic carbocycles. The first-order chi connectivity index (χ1) is 8.49. The number of rotatable bonds is 4. The number of sulfonamides is 1. The summed E-state index contributed by atoms with van der Waals surface area (Å²) >= 11 is 1.31. The average molecular weight is 287 g/mol. The molecule has 1 aromatic carbocycles. The molecule has 18 heavy (non-hydrogen) atoms. The highest BCUT2D eigenvalue weighted by Crippen LogP contribution is 2.17. The van der Waals surface area contributed by atoms with Crippen LogP contribution in [0.1, 0.15) is 5.01 Å². The zero-order valence-corrected chi connectivity index (χ0v) is 10.8. The van der Waals surface area contributed by atoms with Crippen LogP contribution in [0.4, 0.5) is 10.1 Å². The van der Waals surface area contributed by atoms with E-state index < -0.39 is 20.7 Å². The number of nitrogen functional groups attached to an aromatic ring is 1. The number of hydrogen-bond acceptors (Lipinski definition) is 5. The van der Waals surface area contributed by atoms with Crippen LogP contribution in [-0.4, -0.2) is 13.4 Å². The minimum absolute atomic E-state index is 0.0316. The minimum Gasteiger partial charge on any atom is -0.399 e. The molecule has 0 bridgehead atoms. The highest BCUT2D eigenvalue weighted by atomic mass is 32.2. The van der Waals surface area contributed by atoms with Gasteiger partial charge in [-0.05, 0) is 18.2 Å². The molecule has 0 unspecified atom stereocenters. The van der Waals surface area contributed by atoms with E-state index in [2.05, 4.69) is 9.71 Å². The van der Waals surface area contributed by atoms with E-state index in [1.807, 2.05) is 0 Å². The zero-order valence-electron chi connectivity index (χ0n) is 9.13. The van der Waals surface area contributed by atoms with Gasteiger partial charge in [-0.1, -0.05) is 0 Å². The van der Waals surface area contributed by atoms with Gasteiger partial charge in [-0.25, -0.2) is 22.5 Å². The number of anilines is 1. The SMILES string of the molecule is Nc1ccc(S(=O)(=O)NCc2nccs2)c(F)c1. The Hall–Kier alpha value is -1.51. The Morgan fingerprint density at radius 3 is 2.83 bits per heavy atom. The first kappa shape index (κ1) is 12.9. The predicted octanol–water partition coefficient (Wildman–Crippen LogP) is 1.34. The predicted molar refractivity (Wildman–Crippen MR) is 67.0 cm³/mol. The number of hydrogen-bond donors (Lipinski definition) is 2. The van der Waals surface area contributed by atoms with Gasteiger partial charge in [0.1, 0.15) is 15.7 Å². The highest BCUT2D eigenvalue weighted by Gasteiger charge is 2.19. The van der Waals surface area contributed by atoms with Gasteiger partial charge >= 0.3 is 0 Å². The maximum atomic E-state index is 13.5. The lowest BCUT2D eigenvalue weighted by atomic mass is 10.3. The van der Waals surface area contributed by atoms with Crippen LogP contribution < -0.4 is 10.5 Å². The summed E-state index contributed by atoms with van der Waals surface area (Å²) in [7, 11) is -3.90. The molecule has 2 rings (SSSR count). The third-order valence-electron chi connectivity index (χ3n) is 2.14. The van der Waals surface area contributed by atoms with Crippen molar-refractivity contribution < 1.29 is 12.8 Å². The molecule has 0 saturated carbocycles. The van der Waals surface area contributed by atoms with Crippen molar-refractivity contribution in [3.8, 4) is 0 Å². The van der Waals surface area contributed by atoms with E-state index in [4.69, 9.17) is 5.73 Å². The number of benzene rings is 1. The fourth-order valence-corrected chi connectivity index (χ4v) is 3.00. The molecule has 96 valence electrons. The van der Waals surface area contributed by atoms with Crippen molar-refractivity contribution in [2.75, 3.05) is 5.73 Å². The normalized spacial score (nSPS) is 11.6. The second-order valence-corrected chi connectivity index (χ2v) is 6.15. The zero-order chi connectivity index (χ0) is 13.2. The Balaban J connectivity index is 2.20. The topological polar surface area (TPSA) is 85.1 Å². The highest BCUT2D eigenvalue weighted by molar-refractivity contribution is 7.89. The molecule has 0 amide bonds. The van der Waals surface area contributed by atoms with Gasteiger partial charge in [0.05, 0.1) is 6.54 Å². The Kier molecular flexibility index (Phi) is 3.60. The summed E-state index contributed by atoms with van der Waals surface area (Å²) in [6.07, 6.45) is 1.57. The number of thiazole rings is 1. The van der Waals surface area contributed by atoms with E-state index in [9.17, 15) is 12.8 Å². The molecule has 0 aliphatic heterocycles. The van der Waals surface area contributed by atoms with Crippen molar-refractivity contribution in [1.29, 1.82) is 0 Å². The van der Waals surface area contributed by atoms with Gasteiger partial charge in [0, 0.05) is 17.3 Å². The first-order valence-corrected chi connectivity index (χ1v) is 7.28. The lowest BCUT2D eigenvalue weighted by molar-refractivity contribution is 0.557. The summed E-state index contributed by atoms with van der Waals surface area (Å²) in [5, 5.41) is 2.34. The van der Waals surface area contributed by atoms with E-state index in [-0.39, 0.29) is 12.2 Å². The molecular weight excluding hydrogens is 277 g/mol. The summed E-state index contributed by atoms with van der Waals surface area (Å²) in [5.41, 5.74) is 5.53. The summed E-state index contributed by atoms with van der Waals surface area (Å²) in [4.78, 5) is 3.50. The minimum atomic E-state index is -3.90. The van der Waals surface area contributed by atoms with Crippen molar-refractivity contribution in [3.05, 3.63) is 40.6 Å². The van der Waals surface area contributed by atoms with Crippen LogP contribution in [0.15, 0.2) is 34.7 Å². The molecule has 3 N–H and O–H groups in total. The molecule has 0 radical (unpaired) electrons. The smallest absolute Gasteiger partial charge is 0.243 e. The van der Waals surface area contributed by atoms with Crippen LogP contribution in [0.25, 0.3) is 0 Å². The van der Waals surface area contributed by atoms with E-state index >= 15 is 0 Å². The van der Waals surface area contributed by atoms with E-state index in [1.165, 1.54) is 17.4 Å². The van der Waals surface area contributed by atoms with E-state index in [0.717, 1.165) is 12.1 Å². The third-order valence-corrected chi connectivity index (χ3v) is 4.36. The van der Waals surface area contributed by atoms with Crippen LogP contribution in [0.2, 0.25) is 0 Å². The number of nitrogens with two attached hydrogens (primary N) is 1. The lowest BCUT2D eigenvalue weighted by Gasteiger charge is -2.06. The van der Waals surface area contributed by atoms with Gasteiger partial charge in [0.2, 0.25) is 10.0 Å². The Bertz CT molecular complexity index is 641. The Morgan fingerprint density at radius 1 is 1.44 bits per heavy atom. The maximum absolute atomic E-state index is 13.5. The standard InChI is InChI=1S/C10H10FN3O2S2/c11-8-5-7(12)1-2-9(8)18(15,16)14-6-10-13-3-4-17-10/h1-5,14H,6,12H2. The van der Waals surface area contributed by atoms with Crippen LogP contribution >= 0.6 is 11.3 Å². The van der Waals surface area contributed by atoms with Crippen molar-refractivity contribution in [1.82, 2.24) is 9.71 Å². The van der Waals surface area contributed by atoms with Gasteiger partial charge in [0.25, 0.3) is 0 Å². The monoisotopic (exact) mass is 287 g/mol. The van der Waals surface area contributed by atoms with Crippen LogP contribution in [-0.2, 0) is 16.6 Å². The van der Waals surface area contributed by atoms with Crippen molar-refractivity contribution in [2.24, 2.45) is 0 Å². The van der Waals surface area contributed by atoms with Gasteiger partial charge in [-0.15, -0.1) is 11.3 Å². The number of halogens is 1. The molecule has 8 heteroatoms. The molecule has 0 atom stereocenters. The molecule has 0 fully saturated rings. The van der Waals surface area contributed by atoms with E-state index in [0.29, 0.717) is 5.01 Å². The van der Waals surface area contributed by atoms with Crippen molar-refractivity contribution >= 4 is 27.0 Å². The summed E-state index contributed by atoms with van der Waals surface area (Å²) in [5.74, 6) is -0.873. The fourth-order valence-electron chi connectivity index (χ4n) is 1.31. The second kappa shape index (κ2) is 5.01. The largest absolute Gasteiger partial charge is 0.399 e. The second-order valence-electron chi connectivity index (χ2n) is 3.44. The van der Waals surface area contributed by atoms with Gasteiger partial charge in [-0.3, -0.25) is 0 Å². The summed E-state index contributed by atoms with van der Waals surface area (Å²) < 4.78 is 39.5. The summed E-state index contributed by atoms with van der Waals surface area (Å²) in [6, 6.07) is 3.44. The Morgan fingerprint density at radius 2 is 2.22 bits per heavy atom. The van der Waals surface area contributed by atoms with Crippen LogP contribution in [0, 0.1) is 5.82 Å². The quantitative estimate of drug-likeness (QED) is 0.831. The average Bonchev–Trinajstić information content (AvgIpc) is 2.78.